The van der Waals surface area contributed by atoms with E-state index in [1.54, 1.807) is 0 Å². The quantitative estimate of drug-likeness (QED) is 0.623. The van der Waals surface area contributed by atoms with E-state index in [2.05, 4.69) is 47.3 Å². The zero-order valence-electron chi connectivity index (χ0n) is 9.94. The summed E-state index contributed by atoms with van der Waals surface area (Å²) in [5, 5.41) is 1.54. The zero-order chi connectivity index (χ0) is 9.94. The Morgan fingerprint density at radius 1 is 0.833 bits per heavy atom. The standard InChI is InChI=1S/C11H26Ge/c1-9(2)8-12(7,10(3)4)11(5)6/h9-11H,8H2,1-7H3. The van der Waals surface area contributed by atoms with E-state index in [0.717, 1.165) is 15.4 Å². The van der Waals surface area contributed by atoms with E-state index in [0.29, 0.717) is 0 Å². The van der Waals surface area contributed by atoms with Gasteiger partial charge in [-0.3, -0.25) is 0 Å². The molecule has 0 unspecified atom stereocenters. The van der Waals surface area contributed by atoms with Crippen LogP contribution in [0.1, 0.15) is 41.5 Å². The van der Waals surface area contributed by atoms with Crippen LogP contribution in [0.3, 0.4) is 0 Å². The molecular formula is C11H26Ge. The Balaban J connectivity index is 4.40. The molecule has 0 aliphatic carbocycles. The van der Waals surface area contributed by atoms with Gasteiger partial charge in [0.05, 0.1) is 0 Å². The van der Waals surface area contributed by atoms with E-state index < -0.39 is 13.3 Å². The van der Waals surface area contributed by atoms with Gasteiger partial charge in [-0.05, 0) is 0 Å². The molecule has 0 fully saturated rings. The van der Waals surface area contributed by atoms with Crippen molar-refractivity contribution >= 4 is 13.3 Å². The van der Waals surface area contributed by atoms with E-state index in [9.17, 15) is 0 Å². The molecule has 0 bridgehead atoms. The molecule has 12 heavy (non-hydrogen) atoms. The average molecular weight is 231 g/mol. The average Bonchev–Trinajstić information content (AvgIpc) is 1.84. The third-order valence-corrected chi connectivity index (χ3v) is 18.1. The molecule has 0 saturated carbocycles. The van der Waals surface area contributed by atoms with Crippen molar-refractivity contribution in [2.45, 2.75) is 62.1 Å². The van der Waals surface area contributed by atoms with Crippen LogP contribution in [-0.4, -0.2) is 13.3 Å². The van der Waals surface area contributed by atoms with Gasteiger partial charge in [0.1, 0.15) is 0 Å². The van der Waals surface area contributed by atoms with Gasteiger partial charge < -0.3 is 0 Å². The maximum atomic E-state index is 2.62. The van der Waals surface area contributed by atoms with Crippen LogP contribution >= 0.6 is 0 Å². The molecule has 0 aliphatic heterocycles. The molecular weight excluding hydrogens is 205 g/mol. The first-order valence-electron chi connectivity index (χ1n) is 5.30. The van der Waals surface area contributed by atoms with E-state index in [1.165, 1.54) is 5.25 Å². The summed E-state index contributed by atoms with van der Waals surface area (Å²) in [6.07, 6.45) is 0. The van der Waals surface area contributed by atoms with Crippen molar-refractivity contribution in [1.82, 2.24) is 0 Å². The second kappa shape index (κ2) is 4.69. The van der Waals surface area contributed by atoms with Gasteiger partial charge in [0, 0.05) is 0 Å². The molecule has 0 radical (unpaired) electrons. The molecule has 0 aromatic carbocycles. The summed E-state index contributed by atoms with van der Waals surface area (Å²) in [4.78, 5) is 0. The van der Waals surface area contributed by atoms with Crippen molar-refractivity contribution in [2.24, 2.45) is 5.92 Å². The third kappa shape index (κ3) is 3.12. The summed E-state index contributed by atoms with van der Waals surface area (Å²) >= 11 is -1.49. The van der Waals surface area contributed by atoms with Crippen molar-refractivity contribution in [3.05, 3.63) is 0 Å². The van der Waals surface area contributed by atoms with Crippen molar-refractivity contribution in [2.75, 3.05) is 0 Å². The molecule has 1 heteroatoms. The van der Waals surface area contributed by atoms with Gasteiger partial charge >= 0.3 is 81.2 Å². The molecule has 0 heterocycles. The number of hydrogen-bond acceptors (Lipinski definition) is 0. The molecule has 74 valence electrons. The molecule has 0 aromatic rings. The van der Waals surface area contributed by atoms with Crippen LogP contribution < -0.4 is 0 Å². The van der Waals surface area contributed by atoms with Crippen molar-refractivity contribution in [1.29, 1.82) is 0 Å². The van der Waals surface area contributed by atoms with Crippen LogP contribution in [-0.2, 0) is 0 Å². The molecule has 0 amide bonds. The summed E-state index contributed by atoms with van der Waals surface area (Å²) in [5.74, 6) is 3.52. The minimum absolute atomic E-state index is 0.903. The van der Waals surface area contributed by atoms with E-state index in [4.69, 9.17) is 0 Å². The van der Waals surface area contributed by atoms with Gasteiger partial charge in [-0.15, -0.1) is 0 Å². The summed E-state index contributed by atoms with van der Waals surface area (Å²) < 4.78 is 1.96. The molecule has 0 spiro atoms. The molecule has 0 saturated heterocycles. The van der Waals surface area contributed by atoms with Crippen LogP contribution in [0.5, 0.6) is 0 Å². The Bertz CT molecular complexity index is 117. The molecule has 0 aromatic heterocycles. The fourth-order valence-electron chi connectivity index (χ4n) is 2.02. The maximum absolute atomic E-state index is 2.62. The first-order valence-corrected chi connectivity index (χ1v) is 11.3. The summed E-state index contributed by atoms with van der Waals surface area (Å²) in [5.41, 5.74) is 0. The van der Waals surface area contributed by atoms with Crippen LogP contribution in [0.25, 0.3) is 0 Å². The van der Waals surface area contributed by atoms with Crippen LogP contribution in [0.4, 0.5) is 0 Å². The monoisotopic (exact) mass is 232 g/mol. The van der Waals surface area contributed by atoms with Crippen LogP contribution in [0.15, 0.2) is 0 Å². The van der Waals surface area contributed by atoms with Gasteiger partial charge in [-0.1, -0.05) is 0 Å². The summed E-state index contributed by atoms with van der Waals surface area (Å²) in [6, 6.07) is 0. The summed E-state index contributed by atoms with van der Waals surface area (Å²) in [7, 11) is 0. The van der Waals surface area contributed by atoms with Gasteiger partial charge in [0.25, 0.3) is 0 Å². The fraction of sp³-hybridized carbons (Fsp3) is 1.00. The number of rotatable bonds is 4. The van der Waals surface area contributed by atoms with Crippen molar-refractivity contribution in [3.63, 3.8) is 0 Å². The fourth-order valence-corrected chi connectivity index (χ4v) is 10.5. The Morgan fingerprint density at radius 2 is 1.17 bits per heavy atom. The minimum atomic E-state index is -1.49. The Hall–Kier alpha value is 0.543. The first-order chi connectivity index (χ1) is 5.30. The summed E-state index contributed by atoms with van der Waals surface area (Å²) in [6.45, 7) is 14.5. The predicted octanol–water partition coefficient (Wildman–Crippen LogP) is 4.54. The van der Waals surface area contributed by atoms with E-state index in [1.807, 2.05) is 0 Å². The topological polar surface area (TPSA) is 0 Å². The van der Waals surface area contributed by atoms with Crippen molar-refractivity contribution in [3.8, 4) is 0 Å². The van der Waals surface area contributed by atoms with Crippen LogP contribution in [0, 0.1) is 5.92 Å². The molecule has 0 nitrogen and oxygen atoms in total. The second-order valence-corrected chi connectivity index (χ2v) is 17.4. The Morgan fingerprint density at radius 3 is 1.25 bits per heavy atom. The SMILES string of the molecule is CC(C)[CH2][Ge]([CH3])([CH](C)C)[CH](C)C. The van der Waals surface area contributed by atoms with Crippen molar-refractivity contribution < 1.29 is 0 Å². The third-order valence-electron chi connectivity index (χ3n) is 3.49. The van der Waals surface area contributed by atoms with E-state index in [-0.39, 0.29) is 0 Å². The predicted molar refractivity (Wildman–Crippen MR) is 61.5 cm³/mol. The Kier molecular flexibility index (Phi) is 4.90. The van der Waals surface area contributed by atoms with E-state index >= 15 is 0 Å². The normalized spacial score (nSPS) is 13.5. The first kappa shape index (κ1) is 12.5. The van der Waals surface area contributed by atoms with Gasteiger partial charge in [-0.25, -0.2) is 0 Å². The van der Waals surface area contributed by atoms with Gasteiger partial charge in [0.2, 0.25) is 0 Å². The molecule has 0 N–H and O–H groups in total. The van der Waals surface area contributed by atoms with Gasteiger partial charge in [-0.2, -0.15) is 0 Å². The second-order valence-electron chi connectivity index (χ2n) is 5.41. The molecule has 0 rings (SSSR count). The Labute approximate surface area is 81.5 Å². The van der Waals surface area contributed by atoms with Gasteiger partial charge in [0.15, 0.2) is 0 Å². The number of hydrogen-bond donors (Lipinski definition) is 0. The molecule has 0 aliphatic rings. The molecule has 0 atom stereocenters. The van der Waals surface area contributed by atoms with Crippen LogP contribution in [0.2, 0.25) is 20.5 Å². The zero-order valence-corrected chi connectivity index (χ0v) is 12.0.